The van der Waals surface area contributed by atoms with Gasteiger partial charge in [0.25, 0.3) is 5.91 Å². The summed E-state index contributed by atoms with van der Waals surface area (Å²) in [5.74, 6) is 0.0249. The molecule has 1 saturated heterocycles. The summed E-state index contributed by atoms with van der Waals surface area (Å²) in [6, 6.07) is 17.8. The lowest BCUT2D eigenvalue weighted by Crippen LogP contribution is -2.52. The molecule has 1 aliphatic rings. The van der Waals surface area contributed by atoms with Gasteiger partial charge in [-0.3, -0.25) is 14.5 Å². The van der Waals surface area contributed by atoms with Gasteiger partial charge in [-0.15, -0.1) is 24.0 Å². The Morgan fingerprint density at radius 2 is 1.61 bits per heavy atom. The maximum atomic E-state index is 12.0. The highest BCUT2D eigenvalue weighted by Gasteiger charge is 2.19. The molecule has 0 aromatic heterocycles. The van der Waals surface area contributed by atoms with E-state index in [1.165, 1.54) is 5.56 Å². The van der Waals surface area contributed by atoms with Crippen molar-refractivity contribution in [3.05, 3.63) is 71.3 Å². The Labute approximate surface area is 212 Å². The minimum absolute atomic E-state index is 0. The minimum Gasteiger partial charge on any atom is -0.368 e. The minimum atomic E-state index is -0.568. The third kappa shape index (κ3) is 8.65. The summed E-state index contributed by atoms with van der Waals surface area (Å²) >= 11 is 0. The number of nitrogens with zero attached hydrogens (tertiary/aromatic N) is 3. The first-order valence-electron chi connectivity index (χ1n) is 11.0. The zero-order chi connectivity index (χ0) is 22.8. The number of amides is 2. The topological polar surface area (TPSA) is 103 Å². The van der Waals surface area contributed by atoms with E-state index in [-0.39, 0.29) is 36.4 Å². The molecule has 33 heavy (non-hydrogen) atoms. The summed E-state index contributed by atoms with van der Waals surface area (Å²) in [7, 11) is 0. The number of nitrogens with one attached hydrogen (secondary N) is 2. The highest BCUT2D eigenvalue weighted by atomic mass is 127. The van der Waals surface area contributed by atoms with E-state index >= 15 is 0 Å². The van der Waals surface area contributed by atoms with E-state index in [0.29, 0.717) is 12.1 Å². The average molecular weight is 564 g/mol. The monoisotopic (exact) mass is 564 g/mol. The molecular weight excluding hydrogens is 531 g/mol. The lowest BCUT2D eigenvalue weighted by Gasteiger charge is -2.36. The first-order valence-corrected chi connectivity index (χ1v) is 11.0. The van der Waals surface area contributed by atoms with Crippen LogP contribution in [0.2, 0.25) is 0 Å². The van der Waals surface area contributed by atoms with Crippen molar-refractivity contribution in [2.45, 2.75) is 20.0 Å². The zero-order valence-electron chi connectivity index (χ0n) is 19.0. The molecular formula is C24H33IN6O2. The van der Waals surface area contributed by atoms with E-state index in [2.05, 4.69) is 51.6 Å². The van der Waals surface area contributed by atoms with Crippen LogP contribution in [0.25, 0.3) is 0 Å². The summed E-state index contributed by atoms with van der Waals surface area (Å²) in [5.41, 5.74) is 7.89. The van der Waals surface area contributed by atoms with Crippen LogP contribution in [-0.4, -0.2) is 66.8 Å². The Balaban J connectivity index is 0.00000385. The van der Waals surface area contributed by atoms with Crippen LogP contribution in [0, 0.1) is 0 Å². The Hall–Kier alpha value is -2.66. The van der Waals surface area contributed by atoms with Crippen LogP contribution in [0.3, 0.4) is 0 Å². The smallest absolute Gasteiger partial charge is 0.251 e. The first kappa shape index (κ1) is 26.6. The van der Waals surface area contributed by atoms with Crippen molar-refractivity contribution in [2.24, 2.45) is 10.7 Å². The number of primary amides is 1. The number of carbonyl (C=O) groups is 2. The first-order chi connectivity index (χ1) is 15.5. The fraction of sp³-hybridized carbons (Fsp3) is 0.375. The number of nitrogens with two attached hydrogens (primary N) is 1. The van der Waals surface area contributed by atoms with Gasteiger partial charge in [0, 0.05) is 44.8 Å². The second-order valence-electron chi connectivity index (χ2n) is 7.76. The predicted molar refractivity (Wildman–Crippen MR) is 141 cm³/mol. The number of hydrogen-bond donors (Lipinski definition) is 3. The fourth-order valence-electron chi connectivity index (χ4n) is 3.58. The molecule has 2 aromatic rings. The number of rotatable bonds is 8. The van der Waals surface area contributed by atoms with Crippen molar-refractivity contribution >= 4 is 41.8 Å². The Kier molecular flexibility index (Phi) is 11.1. The van der Waals surface area contributed by atoms with Gasteiger partial charge in [0.15, 0.2) is 5.96 Å². The number of benzene rings is 2. The molecule has 178 valence electrons. The fourth-order valence-corrected chi connectivity index (χ4v) is 3.58. The van der Waals surface area contributed by atoms with Gasteiger partial charge >= 0.3 is 0 Å². The van der Waals surface area contributed by atoms with Crippen LogP contribution >= 0.6 is 24.0 Å². The van der Waals surface area contributed by atoms with E-state index in [4.69, 9.17) is 10.7 Å². The maximum absolute atomic E-state index is 12.0. The molecule has 0 spiro atoms. The largest absolute Gasteiger partial charge is 0.368 e. The molecule has 4 N–H and O–H groups in total. The predicted octanol–water partition coefficient (Wildman–Crippen LogP) is 1.80. The molecule has 2 aromatic carbocycles. The van der Waals surface area contributed by atoms with Crippen LogP contribution in [0.1, 0.15) is 28.4 Å². The van der Waals surface area contributed by atoms with Crippen molar-refractivity contribution in [2.75, 3.05) is 39.3 Å². The number of carbonyl (C=O) groups excluding carboxylic acids is 2. The third-order valence-electron chi connectivity index (χ3n) is 5.31. The van der Waals surface area contributed by atoms with Gasteiger partial charge in [0.1, 0.15) is 0 Å². The highest BCUT2D eigenvalue weighted by Crippen LogP contribution is 2.10. The van der Waals surface area contributed by atoms with Gasteiger partial charge in [-0.05, 0) is 30.2 Å². The van der Waals surface area contributed by atoms with E-state index < -0.39 is 5.91 Å². The molecule has 0 radical (unpaired) electrons. The number of guanidine groups is 1. The number of aliphatic imine (C=N–C) groups is 1. The Morgan fingerprint density at radius 1 is 0.939 bits per heavy atom. The highest BCUT2D eigenvalue weighted by molar-refractivity contribution is 14.0. The number of halogens is 1. The molecule has 1 aliphatic heterocycles. The van der Waals surface area contributed by atoms with E-state index in [0.717, 1.165) is 50.8 Å². The van der Waals surface area contributed by atoms with E-state index in [1.807, 2.05) is 18.2 Å². The third-order valence-corrected chi connectivity index (χ3v) is 5.31. The quantitative estimate of drug-likeness (QED) is 0.258. The normalized spacial score (nSPS) is 14.3. The second kappa shape index (κ2) is 13.8. The van der Waals surface area contributed by atoms with Crippen molar-refractivity contribution in [1.29, 1.82) is 0 Å². The summed E-state index contributed by atoms with van der Waals surface area (Å²) in [6.07, 6.45) is 0. The molecule has 0 aliphatic carbocycles. The van der Waals surface area contributed by atoms with Gasteiger partial charge < -0.3 is 21.3 Å². The van der Waals surface area contributed by atoms with Crippen LogP contribution < -0.4 is 16.4 Å². The van der Waals surface area contributed by atoms with Crippen LogP contribution in [0.5, 0.6) is 0 Å². The van der Waals surface area contributed by atoms with Gasteiger partial charge in [0.05, 0.1) is 13.1 Å². The summed E-state index contributed by atoms with van der Waals surface area (Å²) in [6.45, 7) is 8.05. The molecule has 0 atom stereocenters. The molecule has 1 fully saturated rings. The van der Waals surface area contributed by atoms with Crippen LogP contribution in [0.15, 0.2) is 59.6 Å². The van der Waals surface area contributed by atoms with Gasteiger partial charge in [0.2, 0.25) is 5.91 Å². The van der Waals surface area contributed by atoms with Crippen molar-refractivity contribution < 1.29 is 9.59 Å². The number of hydrogen-bond acceptors (Lipinski definition) is 4. The molecule has 9 heteroatoms. The van der Waals surface area contributed by atoms with Gasteiger partial charge in [-0.25, -0.2) is 4.99 Å². The standard InChI is InChI=1S/C24H32N6O2.HI/c1-2-26-24(30-14-12-29(13-15-30)18-20-6-4-3-5-7-20)28-16-19-8-10-21(11-9-19)23(32)27-17-22(25)31;/h3-11H,2,12-18H2,1H3,(H2,25,31)(H,26,28)(H,27,32);1H. The Bertz CT molecular complexity index is 912. The average Bonchev–Trinajstić information content (AvgIpc) is 2.82. The zero-order valence-corrected chi connectivity index (χ0v) is 21.3. The van der Waals surface area contributed by atoms with Gasteiger partial charge in [-0.1, -0.05) is 42.5 Å². The van der Waals surface area contributed by atoms with Crippen molar-refractivity contribution in [3.8, 4) is 0 Å². The van der Waals surface area contributed by atoms with Crippen LogP contribution in [-0.2, 0) is 17.9 Å². The molecule has 3 rings (SSSR count). The molecule has 0 saturated carbocycles. The molecule has 0 unspecified atom stereocenters. The summed E-state index contributed by atoms with van der Waals surface area (Å²) in [4.78, 5) is 32.4. The van der Waals surface area contributed by atoms with Gasteiger partial charge in [-0.2, -0.15) is 0 Å². The van der Waals surface area contributed by atoms with E-state index in [1.54, 1.807) is 12.1 Å². The van der Waals surface area contributed by atoms with Crippen LogP contribution in [0.4, 0.5) is 0 Å². The second-order valence-corrected chi connectivity index (χ2v) is 7.76. The molecule has 2 amide bonds. The summed E-state index contributed by atoms with van der Waals surface area (Å²) < 4.78 is 0. The molecule has 0 bridgehead atoms. The summed E-state index contributed by atoms with van der Waals surface area (Å²) in [5, 5.41) is 5.88. The number of piperazine rings is 1. The molecule has 1 heterocycles. The SMILES string of the molecule is CCNC(=NCc1ccc(C(=O)NCC(N)=O)cc1)N1CCN(Cc2ccccc2)CC1.I. The molecule has 8 nitrogen and oxygen atoms in total. The lowest BCUT2D eigenvalue weighted by molar-refractivity contribution is -0.117. The van der Waals surface area contributed by atoms with Crippen molar-refractivity contribution in [3.63, 3.8) is 0 Å². The van der Waals surface area contributed by atoms with E-state index in [9.17, 15) is 9.59 Å². The van der Waals surface area contributed by atoms with Crippen molar-refractivity contribution in [1.82, 2.24) is 20.4 Å². The maximum Gasteiger partial charge on any atom is 0.251 e. The lowest BCUT2D eigenvalue weighted by atomic mass is 10.1. The Morgan fingerprint density at radius 3 is 2.21 bits per heavy atom.